The zero-order chi connectivity index (χ0) is 16.1. The first-order chi connectivity index (χ1) is 10.5. The summed E-state index contributed by atoms with van der Waals surface area (Å²) in [4.78, 5) is 12.0. The zero-order valence-corrected chi connectivity index (χ0v) is 13.5. The summed E-state index contributed by atoms with van der Waals surface area (Å²) in [6.07, 6.45) is 0. The summed E-state index contributed by atoms with van der Waals surface area (Å²) < 4.78 is 10.8. The molecule has 2 aromatic rings. The number of methoxy groups -OCH3 is 1. The molecule has 0 aliphatic carbocycles. The average molecular weight is 320 g/mol. The Morgan fingerprint density at radius 3 is 2.73 bits per heavy atom. The third kappa shape index (κ3) is 3.92. The number of hydrogen-bond donors (Lipinski definition) is 1. The van der Waals surface area contributed by atoms with Crippen molar-refractivity contribution in [1.82, 2.24) is 0 Å². The number of amides is 1. The predicted octanol–water partition coefficient (Wildman–Crippen LogP) is 3.98. The minimum Gasteiger partial charge on any atom is -0.493 e. The summed E-state index contributed by atoms with van der Waals surface area (Å²) >= 11 is 6.02. The number of aryl methyl sites for hydroxylation is 2. The molecule has 0 unspecified atom stereocenters. The minimum absolute atomic E-state index is 0.0834. The SMILES string of the molecule is COc1c(Cl)cccc1NC(=O)COc1cc(C)ccc1C. The maximum Gasteiger partial charge on any atom is 0.262 e. The smallest absolute Gasteiger partial charge is 0.262 e. The van der Waals surface area contributed by atoms with Gasteiger partial charge in [-0.3, -0.25) is 4.79 Å². The first-order valence-corrected chi connectivity index (χ1v) is 7.21. The standard InChI is InChI=1S/C17H18ClNO3/c1-11-7-8-12(2)15(9-11)22-10-16(20)19-14-6-4-5-13(18)17(14)21-3/h4-9H,10H2,1-3H3,(H,19,20). The average Bonchev–Trinajstić information content (AvgIpc) is 2.48. The molecular weight excluding hydrogens is 302 g/mol. The molecule has 0 fully saturated rings. The zero-order valence-electron chi connectivity index (χ0n) is 12.8. The topological polar surface area (TPSA) is 47.6 Å². The van der Waals surface area contributed by atoms with E-state index in [4.69, 9.17) is 21.1 Å². The number of carbonyl (C=O) groups excluding carboxylic acids is 1. The number of para-hydroxylation sites is 1. The Morgan fingerprint density at radius 2 is 2.00 bits per heavy atom. The van der Waals surface area contributed by atoms with Crippen LogP contribution in [0.2, 0.25) is 5.02 Å². The van der Waals surface area contributed by atoms with E-state index in [1.54, 1.807) is 18.2 Å². The summed E-state index contributed by atoms with van der Waals surface area (Å²) in [6, 6.07) is 11.0. The molecule has 0 heterocycles. The number of nitrogens with one attached hydrogen (secondary N) is 1. The second-order valence-corrected chi connectivity index (χ2v) is 5.33. The number of benzene rings is 2. The van der Waals surface area contributed by atoms with Gasteiger partial charge in [0.15, 0.2) is 12.4 Å². The fraction of sp³-hybridized carbons (Fsp3) is 0.235. The first-order valence-electron chi connectivity index (χ1n) is 6.83. The van der Waals surface area contributed by atoms with Crippen LogP contribution < -0.4 is 14.8 Å². The van der Waals surface area contributed by atoms with Crippen molar-refractivity contribution in [2.75, 3.05) is 19.0 Å². The van der Waals surface area contributed by atoms with Gasteiger partial charge in [0.05, 0.1) is 17.8 Å². The maximum absolute atomic E-state index is 12.0. The number of halogens is 1. The van der Waals surface area contributed by atoms with Gasteiger partial charge in [-0.15, -0.1) is 0 Å². The van der Waals surface area contributed by atoms with Gasteiger partial charge >= 0.3 is 0 Å². The largest absolute Gasteiger partial charge is 0.493 e. The van der Waals surface area contributed by atoms with E-state index >= 15 is 0 Å². The Kier molecular flexibility index (Phi) is 5.28. The van der Waals surface area contributed by atoms with Crippen molar-refractivity contribution in [3.05, 3.63) is 52.5 Å². The normalized spacial score (nSPS) is 10.2. The molecular formula is C17H18ClNO3. The lowest BCUT2D eigenvalue weighted by Gasteiger charge is -2.13. The molecule has 0 saturated heterocycles. The quantitative estimate of drug-likeness (QED) is 0.906. The van der Waals surface area contributed by atoms with Crippen molar-refractivity contribution >= 4 is 23.2 Å². The summed E-state index contributed by atoms with van der Waals surface area (Å²) in [5, 5.41) is 3.17. The minimum atomic E-state index is -0.276. The number of hydrogen-bond acceptors (Lipinski definition) is 3. The molecule has 0 aliphatic heterocycles. The molecule has 0 saturated carbocycles. The molecule has 0 aromatic heterocycles. The summed E-state index contributed by atoms with van der Waals surface area (Å²) in [7, 11) is 1.50. The van der Waals surface area contributed by atoms with Crippen LogP contribution in [0.3, 0.4) is 0 Å². The molecule has 1 N–H and O–H groups in total. The molecule has 22 heavy (non-hydrogen) atoms. The summed E-state index contributed by atoms with van der Waals surface area (Å²) in [5.74, 6) is 0.860. The number of rotatable bonds is 5. The lowest BCUT2D eigenvalue weighted by Crippen LogP contribution is -2.20. The van der Waals surface area contributed by atoms with Gasteiger partial charge in [0.2, 0.25) is 0 Å². The van der Waals surface area contributed by atoms with Gasteiger partial charge < -0.3 is 14.8 Å². The Morgan fingerprint density at radius 1 is 1.23 bits per heavy atom. The lowest BCUT2D eigenvalue weighted by molar-refractivity contribution is -0.118. The van der Waals surface area contributed by atoms with Crippen LogP contribution in [0.1, 0.15) is 11.1 Å². The van der Waals surface area contributed by atoms with Crippen molar-refractivity contribution in [1.29, 1.82) is 0 Å². The predicted molar refractivity (Wildman–Crippen MR) is 88.0 cm³/mol. The Labute approximate surface area is 135 Å². The van der Waals surface area contributed by atoms with Gasteiger partial charge in [-0.25, -0.2) is 0 Å². The monoisotopic (exact) mass is 319 g/mol. The molecule has 0 radical (unpaired) electrons. The van der Waals surface area contributed by atoms with Crippen LogP contribution in [0.5, 0.6) is 11.5 Å². The van der Waals surface area contributed by atoms with Crippen LogP contribution in [-0.2, 0) is 4.79 Å². The van der Waals surface area contributed by atoms with Crippen LogP contribution in [0.25, 0.3) is 0 Å². The highest BCUT2D eigenvalue weighted by Gasteiger charge is 2.11. The van der Waals surface area contributed by atoms with Crippen LogP contribution >= 0.6 is 11.6 Å². The van der Waals surface area contributed by atoms with Gasteiger partial charge in [0.1, 0.15) is 5.75 Å². The third-order valence-corrected chi connectivity index (χ3v) is 3.45. The highest BCUT2D eigenvalue weighted by Crippen LogP contribution is 2.32. The molecule has 5 heteroatoms. The maximum atomic E-state index is 12.0. The van der Waals surface area contributed by atoms with Gasteiger partial charge in [-0.2, -0.15) is 0 Å². The van der Waals surface area contributed by atoms with Crippen molar-refractivity contribution < 1.29 is 14.3 Å². The van der Waals surface area contributed by atoms with Gasteiger partial charge in [-0.1, -0.05) is 29.8 Å². The van der Waals surface area contributed by atoms with E-state index in [9.17, 15) is 4.79 Å². The van der Waals surface area contributed by atoms with E-state index in [0.29, 0.717) is 22.2 Å². The molecule has 1 amide bonds. The molecule has 0 aliphatic rings. The van der Waals surface area contributed by atoms with Crippen LogP contribution in [0, 0.1) is 13.8 Å². The molecule has 4 nitrogen and oxygen atoms in total. The summed E-state index contributed by atoms with van der Waals surface area (Å²) in [6.45, 7) is 3.83. The molecule has 116 valence electrons. The van der Waals surface area contributed by atoms with Crippen molar-refractivity contribution in [2.24, 2.45) is 0 Å². The van der Waals surface area contributed by atoms with Crippen LogP contribution in [0.15, 0.2) is 36.4 Å². The van der Waals surface area contributed by atoms with E-state index in [2.05, 4.69) is 5.32 Å². The lowest BCUT2D eigenvalue weighted by atomic mass is 10.1. The molecule has 2 rings (SSSR count). The second-order valence-electron chi connectivity index (χ2n) is 4.93. The Hall–Kier alpha value is -2.20. The highest BCUT2D eigenvalue weighted by molar-refractivity contribution is 6.32. The van der Waals surface area contributed by atoms with Crippen molar-refractivity contribution in [2.45, 2.75) is 13.8 Å². The third-order valence-electron chi connectivity index (χ3n) is 3.15. The molecule has 0 atom stereocenters. The van der Waals surface area contributed by atoms with Crippen LogP contribution in [-0.4, -0.2) is 19.6 Å². The Balaban J connectivity index is 2.02. The van der Waals surface area contributed by atoms with Gasteiger partial charge in [0.25, 0.3) is 5.91 Å². The first kappa shape index (κ1) is 16.2. The van der Waals surface area contributed by atoms with E-state index in [-0.39, 0.29) is 12.5 Å². The number of anilines is 1. The fourth-order valence-corrected chi connectivity index (χ4v) is 2.26. The van der Waals surface area contributed by atoms with Crippen LogP contribution in [0.4, 0.5) is 5.69 Å². The molecule has 2 aromatic carbocycles. The van der Waals surface area contributed by atoms with Gasteiger partial charge in [-0.05, 0) is 43.2 Å². The highest BCUT2D eigenvalue weighted by atomic mass is 35.5. The molecule has 0 spiro atoms. The van der Waals surface area contributed by atoms with E-state index < -0.39 is 0 Å². The van der Waals surface area contributed by atoms with E-state index in [1.165, 1.54) is 7.11 Å². The Bertz CT molecular complexity index is 686. The second kappa shape index (κ2) is 7.18. The van der Waals surface area contributed by atoms with E-state index in [0.717, 1.165) is 11.1 Å². The number of ether oxygens (including phenoxy) is 2. The summed E-state index contributed by atoms with van der Waals surface area (Å²) in [5.41, 5.74) is 2.58. The van der Waals surface area contributed by atoms with Gasteiger partial charge in [0, 0.05) is 0 Å². The fourth-order valence-electron chi connectivity index (χ4n) is 2.01. The number of carbonyl (C=O) groups is 1. The van der Waals surface area contributed by atoms with Crippen molar-refractivity contribution in [3.8, 4) is 11.5 Å². The molecule has 0 bridgehead atoms. The van der Waals surface area contributed by atoms with E-state index in [1.807, 2.05) is 32.0 Å². The van der Waals surface area contributed by atoms with Crippen molar-refractivity contribution in [3.63, 3.8) is 0 Å².